The minimum Gasteiger partial charge on any atom is -0.355 e. The summed E-state index contributed by atoms with van der Waals surface area (Å²) in [4.78, 5) is 23.1. The molecule has 0 aliphatic rings. The monoisotopic (exact) mass is 243 g/mol. The molecule has 0 fully saturated rings. The van der Waals surface area contributed by atoms with E-state index < -0.39 is 5.41 Å². The van der Waals surface area contributed by atoms with Crippen LogP contribution in [0, 0.1) is 5.41 Å². The van der Waals surface area contributed by atoms with Gasteiger partial charge in [-0.1, -0.05) is 6.92 Å². The first-order valence-corrected chi connectivity index (χ1v) is 6.13. The normalized spacial score (nSPS) is 14.2. The molecule has 0 heterocycles. The van der Waals surface area contributed by atoms with Gasteiger partial charge in [-0.25, -0.2) is 0 Å². The van der Waals surface area contributed by atoms with Crippen molar-refractivity contribution in [2.45, 2.75) is 46.6 Å². The summed E-state index contributed by atoms with van der Waals surface area (Å²) in [5, 5.41) is 5.52. The number of carbonyl (C=O) groups is 2. The van der Waals surface area contributed by atoms with Gasteiger partial charge >= 0.3 is 0 Å². The maximum atomic E-state index is 11.8. The molecule has 0 bridgehead atoms. The van der Waals surface area contributed by atoms with Crippen molar-refractivity contribution in [3.8, 4) is 0 Å². The maximum Gasteiger partial charge on any atom is 0.227 e. The standard InChI is InChI=1S/C12H25N3O2/c1-5-12(4,8-13)11(17)14-7-6-10(16)15-9(2)3/h9H,5-8,13H2,1-4H3,(H,14,17)(H,15,16). The van der Waals surface area contributed by atoms with Gasteiger partial charge in [-0.3, -0.25) is 9.59 Å². The van der Waals surface area contributed by atoms with Crippen LogP contribution >= 0.6 is 0 Å². The van der Waals surface area contributed by atoms with Crippen LogP contribution in [0.4, 0.5) is 0 Å². The van der Waals surface area contributed by atoms with Crippen LogP contribution in [0.15, 0.2) is 0 Å². The van der Waals surface area contributed by atoms with Crippen LogP contribution < -0.4 is 16.4 Å². The molecule has 0 aromatic heterocycles. The lowest BCUT2D eigenvalue weighted by Crippen LogP contribution is -2.44. The van der Waals surface area contributed by atoms with Crippen molar-refractivity contribution in [3.63, 3.8) is 0 Å². The van der Waals surface area contributed by atoms with Gasteiger partial charge < -0.3 is 16.4 Å². The molecule has 0 rings (SSSR count). The Balaban J connectivity index is 3.97. The van der Waals surface area contributed by atoms with Crippen molar-refractivity contribution in [3.05, 3.63) is 0 Å². The van der Waals surface area contributed by atoms with Crippen LogP contribution in [0.25, 0.3) is 0 Å². The van der Waals surface area contributed by atoms with Crippen LogP contribution in [0.5, 0.6) is 0 Å². The molecule has 5 heteroatoms. The second-order valence-electron chi connectivity index (χ2n) is 4.85. The summed E-state index contributed by atoms with van der Waals surface area (Å²) in [5.74, 6) is -0.133. The molecule has 0 aromatic carbocycles. The Bertz CT molecular complexity index is 260. The molecular formula is C12H25N3O2. The van der Waals surface area contributed by atoms with Gasteiger partial charge in [0.25, 0.3) is 0 Å². The van der Waals surface area contributed by atoms with Gasteiger partial charge in [0.15, 0.2) is 0 Å². The van der Waals surface area contributed by atoms with Crippen LogP contribution in [0.3, 0.4) is 0 Å². The highest BCUT2D eigenvalue weighted by molar-refractivity contribution is 5.83. The summed E-state index contributed by atoms with van der Waals surface area (Å²) in [6, 6.07) is 0.128. The molecule has 17 heavy (non-hydrogen) atoms. The fraction of sp³-hybridized carbons (Fsp3) is 0.833. The number of hydrogen-bond acceptors (Lipinski definition) is 3. The van der Waals surface area contributed by atoms with E-state index in [1.165, 1.54) is 0 Å². The Morgan fingerprint density at radius 2 is 1.94 bits per heavy atom. The van der Waals surface area contributed by atoms with E-state index in [9.17, 15) is 9.59 Å². The molecule has 0 saturated heterocycles. The Morgan fingerprint density at radius 1 is 1.35 bits per heavy atom. The summed E-state index contributed by atoms with van der Waals surface area (Å²) >= 11 is 0. The average molecular weight is 243 g/mol. The zero-order valence-electron chi connectivity index (χ0n) is 11.3. The molecule has 0 spiro atoms. The first-order chi connectivity index (χ1) is 7.85. The Morgan fingerprint density at radius 3 is 2.35 bits per heavy atom. The predicted octanol–water partition coefficient (Wildman–Crippen LogP) is 0.392. The van der Waals surface area contributed by atoms with E-state index in [1.54, 1.807) is 0 Å². The van der Waals surface area contributed by atoms with Gasteiger partial charge in [-0.2, -0.15) is 0 Å². The second kappa shape index (κ2) is 7.27. The van der Waals surface area contributed by atoms with Gasteiger partial charge in [-0.05, 0) is 27.2 Å². The predicted molar refractivity (Wildman–Crippen MR) is 68.4 cm³/mol. The summed E-state index contributed by atoms with van der Waals surface area (Å²) in [7, 11) is 0. The molecule has 0 aromatic rings. The number of hydrogen-bond donors (Lipinski definition) is 3. The number of nitrogens with two attached hydrogens (primary N) is 1. The topological polar surface area (TPSA) is 84.2 Å². The quantitative estimate of drug-likeness (QED) is 0.605. The Hall–Kier alpha value is -1.10. The third kappa shape index (κ3) is 5.68. The molecule has 1 atom stereocenters. The highest BCUT2D eigenvalue weighted by Crippen LogP contribution is 2.18. The van der Waals surface area contributed by atoms with Gasteiger partial charge in [0, 0.05) is 25.6 Å². The van der Waals surface area contributed by atoms with Gasteiger partial charge in [0.2, 0.25) is 11.8 Å². The van der Waals surface area contributed by atoms with Crippen molar-refractivity contribution in [1.29, 1.82) is 0 Å². The first kappa shape index (κ1) is 15.9. The van der Waals surface area contributed by atoms with Gasteiger partial charge in [-0.15, -0.1) is 0 Å². The lowest BCUT2D eigenvalue weighted by Gasteiger charge is -2.24. The SMILES string of the molecule is CCC(C)(CN)C(=O)NCCC(=O)NC(C)C. The zero-order valence-corrected chi connectivity index (χ0v) is 11.3. The van der Waals surface area contributed by atoms with Crippen molar-refractivity contribution < 1.29 is 9.59 Å². The van der Waals surface area contributed by atoms with E-state index in [0.29, 0.717) is 25.9 Å². The average Bonchev–Trinajstić information content (AvgIpc) is 2.26. The molecule has 0 aliphatic heterocycles. The number of amides is 2. The summed E-state index contributed by atoms with van der Waals surface area (Å²) in [5.41, 5.74) is 5.04. The van der Waals surface area contributed by atoms with Crippen molar-refractivity contribution in [2.24, 2.45) is 11.1 Å². The van der Waals surface area contributed by atoms with E-state index in [2.05, 4.69) is 10.6 Å². The Kier molecular flexibility index (Phi) is 6.80. The Labute approximate surface area is 104 Å². The smallest absolute Gasteiger partial charge is 0.227 e. The van der Waals surface area contributed by atoms with Crippen molar-refractivity contribution in [2.75, 3.05) is 13.1 Å². The fourth-order valence-corrected chi connectivity index (χ4v) is 1.29. The lowest BCUT2D eigenvalue weighted by molar-refractivity contribution is -0.130. The molecule has 0 aliphatic carbocycles. The second-order valence-corrected chi connectivity index (χ2v) is 4.85. The zero-order chi connectivity index (χ0) is 13.5. The van der Waals surface area contributed by atoms with E-state index >= 15 is 0 Å². The molecule has 1 unspecified atom stereocenters. The molecule has 5 nitrogen and oxygen atoms in total. The summed E-state index contributed by atoms with van der Waals surface area (Å²) in [6.45, 7) is 8.23. The molecule has 0 radical (unpaired) electrons. The van der Waals surface area contributed by atoms with Crippen LogP contribution in [0.1, 0.15) is 40.5 Å². The number of carbonyl (C=O) groups excluding carboxylic acids is 2. The highest BCUT2D eigenvalue weighted by atomic mass is 16.2. The molecular weight excluding hydrogens is 218 g/mol. The van der Waals surface area contributed by atoms with E-state index in [1.807, 2.05) is 27.7 Å². The third-order valence-electron chi connectivity index (χ3n) is 2.87. The fourth-order valence-electron chi connectivity index (χ4n) is 1.29. The minimum atomic E-state index is -0.533. The summed E-state index contributed by atoms with van der Waals surface area (Å²) in [6.07, 6.45) is 0.988. The molecule has 0 saturated carbocycles. The van der Waals surface area contributed by atoms with Crippen molar-refractivity contribution in [1.82, 2.24) is 10.6 Å². The molecule has 2 amide bonds. The minimum absolute atomic E-state index is 0.0498. The van der Waals surface area contributed by atoms with Gasteiger partial charge in [0.1, 0.15) is 0 Å². The van der Waals surface area contributed by atoms with Crippen molar-refractivity contribution >= 4 is 11.8 Å². The van der Waals surface area contributed by atoms with Crippen LogP contribution in [-0.4, -0.2) is 30.9 Å². The molecule has 4 N–H and O–H groups in total. The lowest BCUT2D eigenvalue weighted by atomic mass is 9.87. The van der Waals surface area contributed by atoms with E-state index in [4.69, 9.17) is 5.73 Å². The maximum absolute atomic E-state index is 11.8. The van der Waals surface area contributed by atoms with E-state index in [-0.39, 0.29) is 17.9 Å². The third-order valence-corrected chi connectivity index (χ3v) is 2.87. The highest BCUT2D eigenvalue weighted by Gasteiger charge is 2.29. The number of nitrogens with one attached hydrogen (secondary N) is 2. The van der Waals surface area contributed by atoms with Gasteiger partial charge in [0.05, 0.1) is 5.41 Å². The largest absolute Gasteiger partial charge is 0.355 e. The van der Waals surface area contributed by atoms with E-state index in [0.717, 1.165) is 0 Å². The first-order valence-electron chi connectivity index (χ1n) is 6.13. The van der Waals surface area contributed by atoms with Crippen LogP contribution in [0.2, 0.25) is 0 Å². The number of rotatable bonds is 7. The summed E-state index contributed by atoms with van der Waals surface area (Å²) < 4.78 is 0. The van der Waals surface area contributed by atoms with Crippen LogP contribution in [-0.2, 0) is 9.59 Å². The molecule has 100 valence electrons.